The van der Waals surface area contributed by atoms with Crippen LogP contribution in [0.15, 0.2) is 45.5 Å². The molecule has 0 saturated heterocycles. The smallest absolute Gasteiger partial charge is 0.105 e. The van der Waals surface area contributed by atoms with E-state index in [-0.39, 0.29) is 0 Å². The molecule has 0 fully saturated rings. The van der Waals surface area contributed by atoms with E-state index in [0.29, 0.717) is 6.04 Å². The number of nitrogens with one attached hydrogen (secondary N) is 1. The molecule has 0 radical (unpaired) electrons. The first kappa shape index (κ1) is 16.3. The molecule has 0 aliphatic rings. The largest absolute Gasteiger partial charge is 0.469 e. The lowest BCUT2D eigenvalue weighted by Crippen LogP contribution is -2.25. The molecular weight excluding hydrogens is 328 g/mol. The van der Waals surface area contributed by atoms with E-state index < -0.39 is 0 Å². The predicted molar refractivity (Wildman–Crippen MR) is 90.3 cm³/mol. The Morgan fingerprint density at radius 3 is 2.67 bits per heavy atom. The van der Waals surface area contributed by atoms with Gasteiger partial charge in [0.15, 0.2) is 0 Å². The van der Waals surface area contributed by atoms with Crippen LogP contribution < -0.4 is 5.32 Å². The molecule has 21 heavy (non-hydrogen) atoms. The van der Waals surface area contributed by atoms with Gasteiger partial charge in [-0.3, -0.25) is 0 Å². The van der Waals surface area contributed by atoms with Crippen molar-refractivity contribution in [3.05, 3.63) is 58.0 Å². The van der Waals surface area contributed by atoms with Crippen molar-refractivity contribution in [2.45, 2.75) is 25.9 Å². The summed E-state index contributed by atoms with van der Waals surface area (Å²) in [5.41, 5.74) is 2.58. The molecule has 0 aliphatic heterocycles. The zero-order chi connectivity index (χ0) is 15.2. The maximum atomic E-state index is 5.35. The van der Waals surface area contributed by atoms with Crippen LogP contribution in [-0.2, 0) is 6.54 Å². The molecule has 1 unspecified atom stereocenters. The predicted octanol–water partition coefficient (Wildman–Crippen LogP) is 4.13. The normalized spacial score (nSPS) is 12.8. The number of aryl methyl sites for hydroxylation is 1. The Balaban J connectivity index is 1.91. The third kappa shape index (κ3) is 4.43. The molecule has 1 aromatic carbocycles. The Morgan fingerprint density at radius 1 is 1.29 bits per heavy atom. The van der Waals surface area contributed by atoms with Gasteiger partial charge in [-0.25, -0.2) is 0 Å². The molecular formula is C17H23BrN2O. The maximum absolute atomic E-state index is 5.35. The number of hydrogen-bond acceptors (Lipinski definition) is 3. The fourth-order valence-corrected chi connectivity index (χ4v) is 3.07. The Bertz CT molecular complexity index is 567. The van der Waals surface area contributed by atoms with Crippen molar-refractivity contribution in [2.24, 2.45) is 0 Å². The van der Waals surface area contributed by atoms with E-state index in [9.17, 15) is 0 Å². The Hall–Kier alpha value is -1.10. The summed E-state index contributed by atoms with van der Waals surface area (Å²) in [6.45, 7) is 3.97. The quantitative estimate of drug-likeness (QED) is 0.813. The van der Waals surface area contributed by atoms with Crippen LogP contribution in [0, 0.1) is 6.92 Å². The minimum absolute atomic E-state index is 0.355. The van der Waals surface area contributed by atoms with Gasteiger partial charge in [0.25, 0.3) is 0 Å². The Kier molecular flexibility index (Phi) is 6.03. The zero-order valence-corrected chi connectivity index (χ0v) is 14.5. The van der Waals surface area contributed by atoms with E-state index in [1.165, 1.54) is 11.1 Å². The molecule has 0 spiro atoms. The van der Waals surface area contributed by atoms with Gasteiger partial charge < -0.3 is 14.6 Å². The molecule has 114 valence electrons. The lowest BCUT2D eigenvalue weighted by molar-refractivity contribution is 0.301. The summed E-state index contributed by atoms with van der Waals surface area (Å²) in [6, 6.07) is 10.8. The zero-order valence-electron chi connectivity index (χ0n) is 12.9. The summed E-state index contributed by atoms with van der Waals surface area (Å²) in [4.78, 5) is 2.33. The fourth-order valence-electron chi connectivity index (χ4n) is 2.51. The van der Waals surface area contributed by atoms with Crippen molar-refractivity contribution in [1.82, 2.24) is 10.2 Å². The molecule has 2 aromatic rings. The highest BCUT2D eigenvalue weighted by Crippen LogP contribution is 2.25. The lowest BCUT2D eigenvalue weighted by Gasteiger charge is -2.22. The first-order valence-corrected chi connectivity index (χ1v) is 8.04. The molecule has 1 heterocycles. The molecule has 3 nitrogen and oxygen atoms in total. The number of halogens is 1. The minimum atomic E-state index is 0.355. The van der Waals surface area contributed by atoms with Crippen LogP contribution in [0.1, 0.15) is 29.3 Å². The van der Waals surface area contributed by atoms with Crippen LogP contribution >= 0.6 is 15.9 Å². The number of furan rings is 1. The van der Waals surface area contributed by atoms with Crippen molar-refractivity contribution in [1.29, 1.82) is 0 Å². The number of hydrogen-bond donors (Lipinski definition) is 1. The summed E-state index contributed by atoms with van der Waals surface area (Å²) in [7, 11) is 4.17. The number of nitrogens with zero attached hydrogens (tertiary/aromatic N) is 1. The Morgan fingerprint density at radius 2 is 2.05 bits per heavy atom. The monoisotopic (exact) mass is 350 g/mol. The molecule has 1 aromatic heterocycles. The first-order valence-electron chi connectivity index (χ1n) is 7.25. The van der Waals surface area contributed by atoms with Gasteiger partial charge in [-0.15, -0.1) is 0 Å². The second-order valence-electron chi connectivity index (χ2n) is 5.39. The second-order valence-corrected chi connectivity index (χ2v) is 6.25. The van der Waals surface area contributed by atoms with Crippen LogP contribution in [0.3, 0.4) is 0 Å². The van der Waals surface area contributed by atoms with Gasteiger partial charge in [-0.05, 0) is 51.7 Å². The van der Waals surface area contributed by atoms with E-state index >= 15 is 0 Å². The maximum Gasteiger partial charge on any atom is 0.105 e. The van der Waals surface area contributed by atoms with Crippen molar-refractivity contribution < 1.29 is 4.42 Å². The van der Waals surface area contributed by atoms with Gasteiger partial charge in [0.2, 0.25) is 0 Å². The van der Waals surface area contributed by atoms with Gasteiger partial charge in [-0.1, -0.05) is 34.1 Å². The van der Waals surface area contributed by atoms with Gasteiger partial charge in [-0.2, -0.15) is 0 Å². The molecule has 0 amide bonds. The molecule has 0 saturated carbocycles. The summed E-state index contributed by atoms with van der Waals surface area (Å²) < 4.78 is 6.52. The number of rotatable bonds is 7. The van der Waals surface area contributed by atoms with Crippen molar-refractivity contribution in [3.8, 4) is 0 Å². The SMILES string of the molecule is CNC(CCN(C)Cc1ccoc1C)c1ccccc1Br. The average Bonchev–Trinajstić information content (AvgIpc) is 2.86. The topological polar surface area (TPSA) is 28.4 Å². The molecule has 0 bridgehead atoms. The standard InChI is InChI=1S/C17H23BrN2O/c1-13-14(9-11-21-13)12-20(3)10-8-17(19-2)15-6-4-5-7-16(15)18/h4-7,9,11,17,19H,8,10,12H2,1-3H3. The van der Waals surface area contributed by atoms with Crippen molar-refractivity contribution in [3.63, 3.8) is 0 Å². The van der Waals surface area contributed by atoms with Gasteiger partial charge in [0.1, 0.15) is 5.76 Å². The third-order valence-corrected chi connectivity index (χ3v) is 4.56. The van der Waals surface area contributed by atoms with E-state index in [2.05, 4.69) is 57.5 Å². The highest BCUT2D eigenvalue weighted by molar-refractivity contribution is 9.10. The first-order chi connectivity index (χ1) is 10.1. The third-order valence-electron chi connectivity index (χ3n) is 3.84. The summed E-state index contributed by atoms with van der Waals surface area (Å²) in [5, 5.41) is 3.41. The highest BCUT2D eigenvalue weighted by atomic mass is 79.9. The van der Waals surface area contributed by atoms with Gasteiger partial charge in [0, 0.05) is 22.6 Å². The van der Waals surface area contributed by atoms with E-state index in [0.717, 1.165) is 29.7 Å². The van der Waals surface area contributed by atoms with Crippen LogP contribution in [0.2, 0.25) is 0 Å². The van der Waals surface area contributed by atoms with Crippen molar-refractivity contribution in [2.75, 3.05) is 20.6 Å². The molecule has 1 N–H and O–H groups in total. The molecule has 2 rings (SSSR count). The van der Waals surface area contributed by atoms with Crippen LogP contribution in [0.25, 0.3) is 0 Å². The van der Waals surface area contributed by atoms with Crippen LogP contribution in [0.5, 0.6) is 0 Å². The summed E-state index contributed by atoms with van der Waals surface area (Å²) in [5.74, 6) is 1.01. The highest BCUT2D eigenvalue weighted by Gasteiger charge is 2.13. The van der Waals surface area contributed by atoms with E-state index in [1.807, 2.05) is 20.0 Å². The summed E-state index contributed by atoms with van der Waals surface area (Å²) >= 11 is 3.64. The minimum Gasteiger partial charge on any atom is -0.469 e. The summed E-state index contributed by atoms with van der Waals surface area (Å²) in [6.07, 6.45) is 2.82. The fraction of sp³-hybridized carbons (Fsp3) is 0.412. The van der Waals surface area contributed by atoms with Gasteiger partial charge in [0.05, 0.1) is 6.26 Å². The molecule has 4 heteroatoms. The number of benzene rings is 1. The average molecular weight is 351 g/mol. The van der Waals surface area contributed by atoms with E-state index in [4.69, 9.17) is 4.42 Å². The van der Waals surface area contributed by atoms with Crippen LogP contribution in [0.4, 0.5) is 0 Å². The lowest BCUT2D eigenvalue weighted by atomic mass is 10.0. The Labute approximate surface area is 135 Å². The molecule has 1 atom stereocenters. The van der Waals surface area contributed by atoms with Crippen molar-refractivity contribution >= 4 is 15.9 Å². The molecule has 0 aliphatic carbocycles. The van der Waals surface area contributed by atoms with E-state index in [1.54, 1.807) is 6.26 Å². The van der Waals surface area contributed by atoms with Gasteiger partial charge >= 0.3 is 0 Å². The second kappa shape index (κ2) is 7.78. The van der Waals surface area contributed by atoms with Crippen LogP contribution in [-0.4, -0.2) is 25.5 Å².